The van der Waals surface area contributed by atoms with E-state index in [4.69, 9.17) is 9.72 Å². The van der Waals surface area contributed by atoms with E-state index < -0.39 is 0 Å². The number of thioether (sulfide) groups is 1. The van der Waals surface area contributed by atoms with Crippen LogP contribution in [0.25, 0.3) is 21.0 Å². The number of hydrogen-bond acceptors (Lipinski definition) is 5. The largest absolute Gasteiger partial charge is 0.376 e. The predicted octanol–water partition coefficient (Wildman–Crippen LogP) is 6.00. The third kappa shape index (κ3) is 3.71. The van der Waals surface area contributed by atoms with Crippen LogP contribution in [0.1, 0.15) is 23.2 Å². The Morgan fingerprint density at radius 1 is 1.17 bits per heavy atom. The molecule has 4 aromatic rings. The smallest absolute Gasteiger partial charge is 0.260 e. The quantitative estimate of drug-likeness (QED) is 0.362. The van der Waals surface area contributed by atoms with Gasteiger partial charge < -0.3 is 4.74 Å². The van der Waals surface area contributed by atoms with Crippen molar-refractivity contribution in [3.63, 3.8) is 0 Å². The van der Waals surface area contributed by atoms with E-state index in [2.05, 4.69) is 24.5 Å². The number of thiazole rings is 1. The fraction of sp³-hybridized carbons (Fsp3) is 0.250. The SMILES string of the molecule is CSc1cccc2sc(N(CC3CCCO3)C(=O)c3ccc4ccccc4c3)nc12. The summed E-state index contributed by atoms with van der Waals surface area (Å²) in [5.41, 5.74) is 1.64. The zero-order chi connectivity index (χ0) is 20.5. The molecule has 152 valence electrons. The van der Waals surface area contributed by atoms with Gasteiger partial charge in [0.25, 0.3) is 5.91 Å². The number of carbonyl (C=O) groups excluding carboxylic acids is 1. The number of amides is 1. The number of para-hydroxylation sites is 1. The van der Waals surface area contributed by atoms with E-state index >= 15 is 0 Å². The van der Waals surface area contributed by atoms with Crippen LogP contribution in [-0.4, -0.2) is 36.4 Å². The van der Waals surface area contributed by atoms with Gasteiger partial charge in [0.1, 0.15) is 0 Å². The minimum Gasteiger partial charge on any atom is -0.376 e. The summed E-state index contributed by atoms with van der Waals surface area (Å²) >= 11 is 3.25. The Morgan fingerprint density at radius 2 is 2.03 bits per heavy atom. The zero-order valence-corrected chi connectivity index (χ0v) is 18.3. The number of aromatic nitrogens is 1. The average Bonchev–Trinajstić information content (AvgIpc) is 3.46. The van der Waals surface area contributed by atoms with Gasteiger partial charge >= 0.3 is 0 Å². The summed E-state index contributed by atoms with van der Waals surface area (Å²) in [7, 11) is 0. The Balaban J connectivity index is 1.56. The number of fused-ring (bicyclic) bond motifs is 2. The van der Waals surface area contributed by atoms with E-state index in [1.807, 2.05) is 47.4 Å². The fourth-order valence-electron chi connectivity index (χ4n) is 3.91. The molecule has 30 heavy (non-hydrogen) atoms. The van der Waals surface area contributed by atoms with E-state index in [1.54, 1.807) is 23.1 Å². The highest BCUT2D eigenvalue weighted by atomic mass is 32.2. The second kappa shape index (κ2) is 8.38. The van der Waals surface area contributed by atoms with Crippen molar-refractivity contribution in [2.45, 2.75) is 23.8 Å². The van der Waals surface area contributed by atoms with Crippen LogP contribution in [0.4, 0.5) is 5.13 Å². The van der Waals surface area contributed by atoms with Crippen molar-refractivity contribution in [1.82, 2.24) is 4.98 Å². The molecule has 1 aliphatic rings. The molecule has 4 nitrogen and oxygen atoms in total. The molecule has 0 bridgehead atoms. The lowest BCUT2D eigenvalue weighted by atomic mass is 10.1. The lowest BCUT2D eigenvalue weighted by Crippen LogP contribution is -2.37. The van der Waals surface area contributed by atoms with E-state index in [0.29, 0.717) is 12.1 Å². The highest BCUT2D eigenvalue weighted by Crippen LogP contribution is 2.35. The summed E-state index contributed by atoms with van der Waals surface area (Å²) < 4.78 is 6.96. The molecule has 3 aromatic carbocycles. The second-order valence-electron chi connectivity index (χ2n) is 7.42. The molecule has 1 amide bonds. The first kappa shape index (κ1) is 19.5. The first-order valence-corrected chi connectivity index (χ1v) is 12.1. The van der Waals surface area contributed by atoms with Crippen molar-refractivity contribution in [2.24, 2.45) is 0 Å². The first-order valence-electron chi connectivity index (χ1n) is 10.1. The summed E-state index contributed by atoms with van der Waals surface area (Å²) in [6.07, 6.45) is 4.13. The van der Waals surface area contributed by atoms with Gasteiger partial charge in [-0.05, 0) is 54.1 Å². The molecular weight excluding hydrogens is 412 g/mol. The molecule has 0 aliphatic carbocycles. The van der Waals surface area contributed by atoms with Gasteiger partial charge in [-0.15, -0.1) is 11.8 Å². The molecule has 1 aromatic heterocycles. The van der Waals surface area contributed by atoms with Crippen molar-refractivity contribution in [2.75, 3.05) is 24.3 Å². The van der Waals surface area contributed by atoms with Crippen molar-refractivity contribution >= 4 is 55.1 Å². The first-order chi connectivity index (χ1) is 14.7. The second-order valence-corrected chi connectivity index (χ2v) is 9.27. The van der Waals surface area contributed by atoms with Crippen LogP contribution in [0.15, 0.2) is 65.6 Å². The molecule has 0 saturated carbocycles. The molecule has 0 spiro atoms. The van der Waals surface area contributed by atoms with Crippen LogP contribution in [0.2, 0.25) is 0 Å². The Morgan fingerprint density at radius 3 is 2.83 bits per heavy atom. The van der Waals surface area contributed by atoms with Gasteiger partial charge in [0.05, 0.1) is 22.9 Å². The Kier molecular flexibility index (Phi) is 5.46. The van der Waals surface area contributed by atoms with E-state index in [1.165, 1.54) is 0 Å². The fourth-order valence-corrected chi connectivity index (χ4v) is 5.54. The summed E-state index contributed by atoms with van der Waals surface area (Å²) in [5, 5.41) is 2.93. The lowest BCUT2D eigenvalue weighted by molar-refractivity contribution is 0.0917. The Bertz CT molecular complexity index is 1210. The van der Waals surface area contributed by atoms with Crippen LogP contribution in [0, 0.1) is 0 Å². The maximum absolute atomic E-state index is 13.6. The highest BCUT2D eigenvalue weighted by Gasteiger charge is 2.27. The number of anilines is 1. The highest BCUT2D eigenvalue weighted by molar-refractivity contribution is 7.98. The number of ether oxygens (including phenoxy) is 1. The van der Waals surface area contributed by atoms with Crippen LogP contribution in [-0.2, 0) is 4.74 Å². The Labute approximate surface area is 183 Å². The van der Waals surface area contributed by atoms with Gasteiger partial charge in [-0.2, -0.15) is 0 Å². The summed E-state index contributed by atoms with van der Waals surface area (Å²) in [5.74, 6) is -0.0268. The van der Waals surface area contributed by atoms with Crippen LogP contribution >= 0.6 is 23.1 Å². The normalized spacial score (nSPS) is 16.4. The van der Waals surface area contributed by atoms with Crippen molar-refractivity contribution < 1.29 is 9.53 Å². The minimum atomic E-state index is -0.0268. The summed E-state index contributed by atoms with van der Waals surface area (Å²) in [6, 6.07) is 20.2. The third-order valence-electron chi connectivity index (χ3n) is 5.47. The maximum atomic E-state index is 13.6. The van der Waals surface area contributed by atoms with E-state index in [9.17, 15) is 4.79 Å². The van der Waals surface area contributed by atoms with Crippen LogP contribution < -0.4 is 4.90 Å². The number of benzene rings is 3. The van der Waals surface area contributed by atoms with Crippen molar-refractivity contribution in [3.8, 4) is 0 Å². The maximum Gasteiger partial charge on any atom is 0.260 e. The molecule has 6 heteroatoms. The van der Waals surface area contributed by atoms with Gasteiger partial charge in [-0.1, -0.05) is 47.7 Å². The van der Waals surface area contributed by atoms with Gasteiger partial charge in [-0.3, -0.25) is 9.69 Å². The zero-order valence-electron chi connectivity index (χ0n) is 16.7. The monoisotopic (exact) mass is 434 g/mol. The van der Waals surface area contributed by atoms with Crippen LogP contribution in [0.5, 0.6) is 0 Å². The molecule has 1 aliphatic heterocycles. The van der Waals surface area contributed by atoms with Gasteiger partial charge in [0, 0.05) is 17.1 Å². The molecule has 1 fully saturated rings. The minimum absolute atomic E-state index is 0.0268. The van der Waals surface area contributed by atoms with Crippen molar-refractivity contribution in [3.05, 3.63) is 66.2 Å². The van der Waals surface area contributed by atoms with E-state index in [-0.39, 0.29) is 12.0 Å². The topological polar surface area (TPSA) is 42.4 Å². The number of nitrogens with zero attached hydrogens (tertiary/aromatic N) is 2. The van der Waals surface area contributed by atoms with Gasteiger partial charge in [-0.25, -0.2) is 4.98 Å². The molecule has 0 radical (unpaired) electrons. The third-order valence-corrected chi connectivity index (χ3v) is 7.29. The average molecular weight is 435 g/mol. The number of carbonyl (C=O) groups is 1. The van der Waals surface area contributed by atoms with Crippen LogP contribution in [0.3, 0.4) is 0 Å². The van der Waals surface area contributed by atoms with Gasteiger partial charge in [0.2, 0.25) is 0 Å². The summed E-state index contributed by atoms with van der Waals surface area (Å²) in [6.45, 7) is 1.29. The number of rotatable bonds is 5. The Hall–Kier alpha value is -2.41. The summed E-state index contributed by atoms with van der Waals surface area (Å²) in [4.78, 5) is 21.5. The van der Waals surface area contributed by atoms with Gasteiger partial charge in [0.15, 0.2) is 5.13 Å². The molecule has 5 rings (SSSR count). The number of hydrogen-bond donors (Lipinski definition) is 0. The molecule has 0 N–H and O–H groups in total. The predicted molar refractivity (Wildman–Crippen MR) is 126 cm³/mol. The lowest BCUT2D eigenvalue weighted by Gasteiger charge is -2.23. The molecule has 1 saturated heterocycles. The van der Waals surface area contributed by atoms with Crippen molar-refractivity contribution in [1.29, 1.82) is 0 Å². The molecule has 2 heterocycles. The van der Waals surface area contributed by atoms with E-state index in [0.717, 1.165) is 50.5 Å². The molecule has 1 atom stereocenters. The standard InChI is InChI=1S/C24H22N2O2S2/c1-29-20-9-4-10-21-22(20)25-24(30-21)26(15-19-8-5-13-28-19)23(27)18-12-11-16-6-2-3-7-17(16)14-18/h2-4,6-7,9-12,14,19H,5,8,13,15H2,1H3. The molecular formula is C24H22N2O2S2. The molecule has 1 unspecified atom stereocenters.